The quantitative estimate of drug-likeness (QED) is 0.141. The molecule has 0 aromatic heterocycles. The summed E-state index contributed by atoms with van der Waals surface area (Å²) in [4.78, 5) is 15.8. The van der Waals surface area contributed by atoms with E-state index in [9.17, 15) is 20.3 Å². The lowest BCUT2D eigenvalue weighted by Gasteiger charge is -2.39. The van der Waals surface area contributed by atoms with Crippen molar-refractivity contribution in [2.45, 2.75) is 123 Å². The second-order valence-electron chi connectivity index (χ2n) is 16.9. The topological polar surface area (TPSA) is 114 Å². The highest BCUT2D eigenvalue weighted by Gasteiger charge is 2.43. The molecule has 0 saturated carbocycles. The van der Waals surface area contributed by atoms with Crippen molar-refractivity contribution in [1.82, 2.24) is 0 Å². The molecule has 0 fully saturated rings. The summed E-state index contributed by atoms with van der Waals surface area (Å²) in [6, 6.07) is 11.0. The number of phenolic OH excluding ortho intramolecular Hbond substituents is 1. The summed E-state index contributed by atoms with van der Waals surface area (Å²) >= 11 is 0. The number of aliphatic imine (C=N–C) groups is 1. The number of hydrogen-bond donors (Lipinski definition) is 2. The van der Waals surface area contributed by atoms with Gasteiger partial charge in [-0.2, -0.15) is 0 Å². The van der Waals surface area contributed by atoms with Crippen LogP contribution >= 0.6 is 0 Å². The van der Waals surface area contributed by atoms with Gasteiger partial charge in [0.15, 0.2) is 0 Å². The number of non-ortho nitro benzene ring substituents is 1. The molecule has 8 heteroatoms. The summed E-state index contributed by atoms with van der Waals surface area (Å²) in [6.45, 7) is 27.3. The van der Waals surface area contributed by atoms with Gasteiger partial charge >= 0.3 is 0 Å². The van der Waals surface area contributed by atoms with Gasteiger partial charge in [0.1, 0.15) is 22.8 Å². The van der Waals surface area contributed by atoms with E-state index in [0.717, 1.165) is 33.8 Å². The molecule has 0 spiro atoms. The van der Waals surface area contributed by atoms with Crippen LogP contribution in [0.3, 0.4) is 0 Å². The maximum absolute atomic E-state index is 13.4. The van der Waals surface area contributed by atoms with E-state index in [2.05, 4.69) is 83.1 Å². The molecule has 0 aliphatic rings. The van der Waals surface area contributed by atoms with Crippen LogP contribution in [0.25, 0.3) is 0 Å². The number of benzene rings is 3. The van der Waals surface area contributed by atoms with Gasteiger partial charge in [-0.15, -0.1) is 0 Å². The fourth-order valence-electron chi connectivity index (χ4n) is 6.07. The minimum Gasteiger partial charge on any atom is -0.507 e. The van der Waals surface area contributed by atoms with Gasteiger partial charge in [0.05, 0.1) is 25.2 Å². The van der Waals surface area contributed by atoms with Crippen molar-refractivity contribution in [3.05, 3.63) is 91.5 Å². The zero-order chi connectivity index (χ0) is 36.8. The fourth-order valence-corrected chi connectivity index (χ4v) is 6.07. The second kappa shape index (κ2) is 13.2. The predicted molar refractivity (Wildman–Crippen MR) is 196 cm³/mol. The van der Waals surface area contributed by atoms with Crippen LogP contribution in [0.1, 0.15) is 129 Å². The Morgan fingerprint density at radius 2 is 1.06 bits per heavy atom. The van der Waals surface area contributed by atoms with Crippen molar-refractivity contribution < 1.29 is 24.6 Å². The Balaban J connectivity index is 2.57. The fraction of sp³-hybridized carbons (Fsp3) is 0.525. The van der Waals surface area contributed by atoms with Gasteiger partial charge in [-0.1, -0.05) is 83.1 Å². The highest BCUT2D eigenvalue weighted by atomic mass is 16.6. The molecular weight excluding hydrogens is 604 g/mol. The monoisotopic (exact) mass is 660 g/mol. The van der Waals surface area contributed by atoms with Crippen LogP contribution in [0.4, 0.5) is 5.69 Å². The first-order valence-corrected chi connectivity index (χ1v) is 16.5. The molecule has 0 heterocycles. The van der Waals surface area contributed by atoms with E-state index in [-0.39, 0.29) is 38.7 Å². The van der Waals surface area contributed by atoms with Crippen LogP contribution in [0.5, 0.6) is 17.2 Å². The van der Waals surface area contributed by atoms with Crippen molar-refractivity contribution >= 4 is 11.9 Å². The predicted octanol–water partition coefficient (Wildman–Crippen LogP) is 9.25. The largest absolute Gasteiger partial charge is 0.507 e. The number of phenols is 1. The van der Waals surface area contributed by atoms with Gasteiger partial charge in [-0.25, -0.2) is 0 Å². The number of rotatable bonds is 8. The molecule has 0 bridgehead atoms. The molecule has 0 saturated heterocycles. The third-order valence-electron chi connectivity index (χ3n) is 8.96. The normalized spacial score (nSPS) is 13.9. The van der Waals surface area contributed by atoms with E-state index in [4.69, 9.17) is 14.5 Å². The third-order valence-corrected chi connectivity index (χ3v) is 8.96. The van der Waals surface area contributed by atoms with Crippen LogP contribution in [0.2, 0.25) is 0 Å². The zero-order valence-electron chi connectivity index (χ0n) is 31.6. The Hall–Kier alpha value is -3.91. The molecule has 0 aliphatic heterocycles. The Labute approximate surface area is 287 Å². The number of ether oxygens (including phenoxy) is 2. The average Bonchev–Trinajstić information content (AvgIpc) is 2.96. The highest BCUT2D eigenvalue weighted by molar-refractivity contribution is 5.84. The van der Waals surface area contributed by atoms with Crippen LogP contribution < -0.4 is 9.47 Å². The van der Waals surface area contributed by atoms with Gasteiger partial charge in [-0.05, 0) is 70.0 Å². The molecule has 0 unspecified atom stereocenters. The van der Waals surface area contributed by atoms with E-state index < -0.39 is 16.6 Å². The average molecular weight is 661 g/mol. The van der Waals surface area contributed by atoms with Gasteiger partial charge in [-0.3, -0.25) is 15.1 Å². The number of aromatic hydroxyl groups is 1. The Morgan fingerprint density at radius 1 is 0.708 bits per heavy atom. The van der Waals surface area contributed by atoms with Crippen LogP contribution in [-0.4, -0.2) is 41.6 Å². The Bertz CT molecular complexity index is 1540. The van der Waals surface area contributed by atoms with Crippen molar-refractivity contribution in [2.75, 3.05) is 14.2 Å². The number of aliphatic hydroxyl groups is 1. The molecule has 8 nitrogen and oxygen atoms in total. The summed E-state index contributed by atoms with van der Waals surface area (Å²) in [7, 11) is 3.36. The van der Waals surface area contributed by atoms with Crippen molar-refractivity contribution in [3.8, 4) is 17.2 Å². The number of hydrogen-bond acceptors (Lipinski definition) is 7. The van der Waals surface area contributed by atoms with E-state index >= 15 is 0 Å². The number of nitrogens with zero attached hydrogens (tertiary/aromatic N) is 2. The lowest BCUT2D eigenvalue weighted by Crippen LogP contribution is -2.39. The molecule has 3 rings (SSSR count). The lowest BCUT2D eigenvalue weighted by atomic mass is 9.71. The maximum atomic E-state index is 13.4. The van der Waals surface area contributed by atoms with E-state index in [1.54, 1.807) is 14.2 Å². The van der Waals surface area contributed by atoms with E-state index in [1.807, 2.05) is 31.2 Å². The summed E-state index contributed by atoms with van der Waals surface area (Å²) < 4.78 is 12.1. The summed E-state index contributed by atoms with van der Waals surface area (Å²) in [5.41, 5.74) is 2.00. The Kier molecular flexibility index (Phi) is 10.6. The number of nitro benzene ring substituents is 1. The van der Waals surface area contributed by atoms with Crippen LogP contribution in [0.15, 0.2) is 47.5 Å². The van der Waals surface area contributed by atoms with Gasteiger partial charge in [0.25, 0.3) is 5.69 Å². The molecule has 2 N–H and O–H groups in total. The molecule has 0 aliphatic carbocycles. The van der Waals surface area contributed by atoms with Crippen LogP contribution in [0, 0.1) is 10.1 Å². The molecule has 0 radical (unpaired) electrons. The minimum absolute atomic E-state index is 0.149. The van der Waals surface area contributed by atoms with Gasteiger partial charge in [0, 0.05) is 46.2 Å². The first-order valence-electron chi connectivity index (χ1n) is 16.5. The van der Waals surface area contributed by atoms with Crippen molar-refractivity contribution in [1.29, 1.82) is 0 Å². The molecule has 262 valence electrons. The second-order valence-corrected chi connectivity index (χ2v) is 16.9. The van der Waals surface area contributed by atoms with Crippen LogP contribution in [-0.2, 0) is 27.3 Å². The van der Waals surface area contributed by atoms with Crippen molar-refractivity contribution in [3.63, 3.8) is 0 Å². The number of nitro groups is 1. The summed E-state index contributed by atoms with van der Waals surface area (Å²) in [5, 5.41) is 35.5. The molecule has 3 aromatic carbocycles. The molecule has 3 aromatic rings. The van der Waals surface area contributed by atoms with Gasteiger partial charge in [0.2, 0.25) is 0 Å². The summed E-state index contributed by atoms with van der Waals surface area (Å²) in [5.74, 6) is 1.41. The highest BCUT2D eigenvalue weighted by Crippen LogP contribution is 2.48. The molecule has 48 heavy (non-hydrogen) atoms. The summed E-state index contributed by atoms with van der Waals surface area (Å²) in [6.07, 6.45) is 1.40. The molecule has 0 amide bonds. The van der Waals surface area contributed by atoms with E-state index in [1.165, 1.54) is 24.4 Å². The minimum atomic E-state index is -1.70. The SMILES string of the molecule is COc1c(C(C)(C)C)cc(C(O)(c2cc(C(C)(C)C)c(OC)c(C(C)(C)C)c2)[C@H](C)N=Cc2cc([N+](=O)[O-])ccc2O)cc1C(C)(C)C. The number of methoxy groups -OCH3 is 2. The lowest BCUT2D eigenvalue weighted by molar-refractivity contribution is -0.384. The standard InChI is InChI=1S/C40H56N2O6/c1-24(41-23-25-18-28(42(45)46)16-17-33(25)43)40(44,26-19-29(36(2,3)4)34(47-14)30(20-26)37(5,6)7)27-21-31(38(8,9)10)35(48-15)32(22-27)39(11,12)13/h16-24,43-44H,1-15H3/t24-/m0/s1. The maximum Gasteiger partial charge on any atom is 0.270 e. The first-order chi connectivity index (χ1) is 21.8. The smallest absolute Gasteiger partial charge is 0.270 e. The van der Waals surface area contributed by atoms with Crippen molar-refractivity contribution in [2.24, 2.45) is 4.99 Å². The van der Waals surface area contributed by atoms with E-state index in [0.29, 0.717) is 11.1 Å². The zero-order valence-corrected chi connectivity index (χ0v) is 31.6. The first kappa shape index (κ1) is 38.5. The Morgan fingerprint density at radius 3 is 1.35 bits per heavy atom. The third kappa shape index (κ3) is 7.70. The van der Waals surface area contributed by atoms with Gasteiger partial charge < -0.3 is 19.7 Å². The molecule has 1 atom stereocenters. The molecular formula is C40H56N2O6.